The Balaban J connectivity index is 1.08. The first-order chi connectivity index (χ1) is 17.6. The van der Waals surface area contributed by atoms with Crippen LogP contribution < -0.4 is 4.74 Å². The molecule has 0 aliphatic carbocycles. The van der Waals surface area contributed by atoms with Crippen LogP contribution in [0.25, 0.3) is 22.7 Å². The van der Waals surface area contributed by atoms with Crippen molar-refractivity contribution in [3.63, 3.8) is 0 Å². The van der Waals surface area contributed by atoms with Gasteiger partial charge < -0.3 is 18.6 Å². The molecule has 4 aromatic rings. The van der Waals surface area contributed by atoms with Crippen molar-refractivity contribution in [3.05, 3.63) is 78.1 Å². The average Bonchev–Trinajstić information content (AvgIpc) is 3.58. The molecule has 2 aromatic carbocycles. The number of aromatic nitrogens is 2. The molecule has 8 nitrogen and oxygen atoms in total. The summed E-state index contributed by atoms with van der Waals surface area (Å²) in [6.45, 7) is 3.26. The molecule has 0 radical (unpaired) electrons. The molecule has 5 rings (SSSR count). The Labute approximate surface area is 208 Å². The van der Waals surface area contributed by atoms with Gasteiger partial charge in [0.1, 0.15) is 23.1 Å². The summed E-state index contributed by atoms with van der Waals surface area (Å²) in [5.74, 6) is 2.75. The number of hydrogen-bond donors (Lipinski definition) is 0. The van der Waals surface area contributed by atoms with Crippen LogP contribution >= 0.6 is 0 Å². The van der Waals surface area contributed by atoms with Crippen molar-refractivity contribution in [2.24, 2.45) is 0 Å². The zero-order chi connectivity index (χ0) is 24.9. The Morgan fingerprint density at radius 3 is 2.56 bits per heavy atom. The highest BCUT2D eigenvalue weighted by molar-refractivity contribution is 5.76. The second kappa shape index (κ2) is 10.7. The van der Waals surface area contributed by atoms with E-state index in [4.69, 9.17) is 13.7 Å². The summed E-state index contributed by atoms with van der Waals surface area (Å²) in [6, 6.07) is 17.5. The molecule has 1 aliphatic heterocycles. The van der Waals surface area contributed by atoms with Crippen molar-refractivity contribution < 1.29 is 22.9 Å². The summed E-state index contributed by atoms with van der Waals surface area (Å²) in [4.78, 5) is 21.3. The molecule has 36 heavy (non-hydrogen) atoms. The van der Waals surface area contributed by atoms with Gasteiger partial charge in [-0.3, -0.25) is 9.69 Å². The van der Waals surface area contributed by atoms with Gasteiger partial charge in [-0.1, -0.05) is 17.3 Å². The van der Waals surface area contributed by atoms with Crippen LogP contribution in [0.2, 0.25) is 0 Å². The lowest BCUT2D eigenvalue weighted by molar-refractivity contribution is -0.133. The molecule has 0 spiro atoms. The van der Waals surface area contributed by atoms with Gasteiger partial charge in [0.2, 0.25) is 17.6 Å². The summed E-state index contributed by atoms with van der Waals surface area (Å²) in [5.41, 5.74) is 1.28. The van der Waals surface area contributed by atoms with Gasteiger partial charge in [0.15, 0.2) is 0 Å². The van der Waals surface area contributed by atoms with Gasteiger partial charge in [-0.15, -0.1) is 0 Å². The van der Waals surface area contributed by atoms with Crippen LogP contribution in [0.4, 0.5) is 4.39 Å². The second-order valence-corrected chi connectivity index (χ2v) is 8.64. The minimum atomic E-state index is -0.329. The Kier molecular flexibility index (Phi) is 7.08. The summed E-state index contributed by atoms with van der Waals surface area (Å²) < 4.78 is 30.4. The minimum absolute atomic E-state index is 0.0815. The monoisotopic (exact) mass is 490 g/mol. The number of furan rings is 1. The lowest BCUT2D eigenvalue weighted by Crippen LogP contribution is -2.48. The zero-order valence-electron chi connectivity index (χ0n) is 20.0. The topological polar surface area (TPSA) is 84.8 Å². The molecular formula is C27H27FN4O4. The fourth-order valence-electron chi connectivity index (χ4n) is 4.23. The van der Waals surface area contributed by atoms with Crippen LogP contribution in [0, 0.1) is 5.82 Å². The molecule has 9 heteroatoms. The summed E-state index contributed by atoms with van der Waals surface area (Å²) in [7, 11) is 1.62. The highest BCUT2D eigenvalue weighted by Crippen LogP contribution is 2.25. The van der Waals surface area contributed by atoms with Crippen molar-refractivity contribution in [2.45, 2.75) is 19.4 Å². The first-order valence-corrected chi connectivity index (χ1v) is 11.9. The molecule has 186 valence electrons. The van der Waals surface area contributed by atoms with Crippen LogP contribution in [0.15, 0.2) is 69.6 Å². The minimum Gasteiger partial charge on any atom is -0.497 e. The van der Waals surface area contributed by atoms with Gasteiger partial charge in [-0.25, -0.2) is 4.39 Å². The predicted molar refractivity (Wildman–Crippen MR) is 131 cm³/mol. The number of carbonyl (C=O) groups is 1. The van der Waals surface area contributed by atoms with Crippen molar-refractivity contribution in [2.75, 3.05) is 33.3 Å². The predicted octanol–water partition coefficient (Wildman–Crippen LogP) is 4.42. The lowest BCUT2D eigenvalue weighted by Gasteiger charge is -2.34. The number of hydrogen-bond acceptors (Lipinski definition) is 7. The average molecular weight is 491 g/mol. The van der Waals surface area contributed by atoms with E-state index in [1.165, 1.54) is 6.07 Å². The maximum atomic E-state index is 14.0. The van der Waals surface area contributed by atoms with Gasteiger partial charge in [-0.2, -0.15) is 4.98 Å². The Bertz CT molecular complexity index is 1310. The molecule has 0 bridgehead atoms. The number of aryl methyl sites for hydroxylation is 1. The quantitative estimate of drug-likeness (QED) is 0.361. The fraction of sp³-hybridized carbons (Fsp3) is 0.296. The Morgan fingerprint density at radius 2 is 1.81 bits per heavy atom. The van der Waals surface area contributed by atoms with Crippen LogP contribution in [-0.2, 0) is 17.8 Å². The summed E-state index contributed by atoms with van der Waals surface area (Å²) >= 11 is 0. The number of nitrogens with zero attached hydrogens (tertiary/aromatic N) is 4. The SMILES string of the molecule is COc1ccc(-c2noc(CN3CCN(C(=O)CCc4ccc(-c5ccccc5F)o4)CC3)n2)cc1. The molecule has 0 atom stereocenters. The first-order valence-electron chi connectivity index (χ1n) is 11.9. The van der Waals surface area contributed by atoms with Gasteiger partial charge in [0, 0.05) is 44.6 Å². The van der Waals surface area contributed by atoms with Gasteiger partial charge in [0.25, 0.3) is 0 Å². The summed E-state index contributed by atoms with van der Waals surface area (Å²) in [6.07, 6.45) is 0.822. The van der Waals surface area contributed by atoms with Crippen LogP contribution in [0.3, 0.4) is 0 Å². The van der Waals surface area contributed by atoms with E-state index in [9.17, 15) is 9.18 Å². The first kappa shape index (κ1) is 23.7. The van der Waals surface area contributed by atoms with Gasteiger partial charge in [0.05, 0.1) is 19.2 Å². The van der Waals surface area contributed by atoms with E-state index >= 15 is 0 Å². The number of piperazine rings is 1. The molecule has 2 aromatic heterocycles. The normalized spacial score (nSPS) is 14.2. The fourth-order valence-corrected chi connectivity index (χ4v) is 4.23. The third kappa shape index (κ3) is 5.46. The number of benzene rings is 2. The number of ether oxygens (including phenoxy) is 1. The summed E-state index contributed by atoms with van der Waals surface area (Å²) in [5, 5.41) is 4.08. The van der Waals surface area contributed by atoms with E-state index in [2.05, 4.69) is 15.0 Å². The molecule has 1 saturated heterocycles. The highest BCUT2D eigenvalue weighted by atomic mass is 19.1. The zero-order valence-corrected chi connectivity index (χ0v) is 20.0. The van der Waals surface area contributed by atoms with Crippen molar-refractivity contribution in [1.82, 2.24) is 19.9 Å². The molecule has 0 unspecified atom stereocenters. The van der Waals surface area contributed by atoms with Gasteiger partial charge in [-0.05, 0) is 48.5 Å². The van der Waals surface area contributed by atoms with Crippen LogP contribution in [0.1, 0.15) is 18.1 Å². The maximum Gasteiger partial charge on any atom is 0.241 e. The van der Waals surface area contributed by atoms with Crippen molar-refractivity contribution in [1.29, 1.82) is 0 Å². The molecule has 1 fully saturated rings. The van der Waals surface area contributed by atoms with Crippen LogP contribution in [0.5, 0.6) is 5.75 Å². The molecule has 1 amide bonds. The van der Waals surface area contributed by atoms with Crippen molar-refractivity contribution in [3.8, 4) is 28.5 Å². The Morgan fingerprint density at radius 1 is 1.03 bits per heavy atom. The molecule has 3 heterocycles. The molecule has 0 saturated carbocycles. The number of halogens is 1. The molecule has 0 N–H and O–H groups in total. The van der Waals surface area contributed by atoms with E-state index in [1.54, 1.807) is 37.4 Å². The molecule has 1 aliphatic rings. The largest absolute Gasteiger partial charge is 0.497 e. The van der Waals surface area contributed by atoms with Crippen LogP contribution in [-0.4, -0.2) is 59.1 Å². The third-order valence-electron chi connectivity index (χ3n) is 6.29. The number of carbonyl (C=O) groups excluding carboxylic acids is 1. The maximum absolute atomic E-state index is 14.0. The van der Waals surface area contributed by atoms with E-state index in [0.717, 1.165) is 24.4 Å². The number of methoxy groups -OCH3 is 1. The van der Waals surface area contributed by atoms with E-state index in [1.807, 2.05) is 29.2 Å². The smallest absolute Gasteiger partial charge is 0.241 e. The van der Waals surface area contributed by atoms with E-state index in [-0.39, 0.29) is 11.7 Å². The number of rotatable bonds is 8. The van der Waals surface area contributed by atoms with Crippen molar-refractivity contribution >= 4 is 5.91 Å². The van der Waals surface area contributed by atoms with Gasteiger partial charge >= 0.3 is 0 Å². The third-order valence-corrected chi connectivity index (χ3v) is 6.29. The lowest BCUT2D eigenvalue weighted by atomic mass is 10.1. The highest BCUT2D eigenvalue weighted by Gasteiger charge is 2.23. The second-order valence-electron chi connectivity index (χ2n) is 8.64. The molecular weight excluding hydrogens is 463 g/mol. The Hall–Kier alpha value is -3.98. The standard InChI is InChI=1S/C27H27FN4O4/c1-34-20-8-6-19(7-9-20)27-29-25(36-30-27)18-31-14-16-32(17-15-31)26(33)13-11-21-10-12-24(35-21)22-4-2-3-5-23(22)28/h2-10,12H,11,13-18H2,1H3. The number of amides is 1. The van der Waals surface area contributed by atoms with E-state index < -0.39 is 0 Å². The van der Waals surface area contributed by atoms with E-state index in [0.29, 0.717) is 61.3 Å².